The lowest BCUT2D eigenvalue weighted by Gasteiger charge is -1.99. The van der Waals surface area contributed by atoms with E-state index in [1.807, 2.05) is 12.1 Å². The maximum absolute atomic E-state index is 5.00. The van der Waals surface area contributed by atoms with E-state index in [4.69, 9.17) is 5.84 Å². The van der Waals surface area contributed by atoms with E-state index in [0.29, 0.717) is 0 Å². The van der Waals surface area contributed by atoms with Gasteiger partial charge in [-0.3, -0.25) is 0 Å². The zero-order chi connectivity index (χ0) is 8.10. The number of hydrazone groups is 1. The third-order valence-electron chi connectivity index (χ3n) is 1.68. The largest absolute Gasteiger partial charge is 0.324 e. The molecule has 0 atom stereocenters. The third-order valence-corrected chi connectivity index (χ3v) is 1.68. The number of nitrogens with zero attached hydrogens (tertiary/aromatic N) is 1. The highest BCUT2D eigenvalue weighted by atomic mass is 15.1. The van der Waals surface area contributed by atoms with Crippen LogP contribution < -0.4 is 5.84 Å². The first-order valence-electron chi connectivity index (χ1n) is 3.61. The fourth-order valence-electron chi connectivity index (χ4n) is 0.990. The predicted molar refractivity (Wildman–Crippen MR) is 47.6 cm³/mol. The van der Waals surface area contributed by atoms with Gasteiger partial charge in [0.2, 0.25) is 0 Å². The van der Waals surface area contributed by atoms with Crippen LogP contribution in [0.25, 0.3) is 0 Å². The summed E-state index contributed by atoms with van der Waals surface area (Å²) in [6, 6.07) is 8.21. The molecule has 0 bridgehead atoms. The van der Waals surface area contributed by atoms with Crippen LogP contribution in [0.15, 0.2) is 29.4 Å². The molecule has 2 N–H and O–H groups in total. The fourth-order valence-corrected chi connectivity index (χ4v) is 0.990. The van der Waals surface area contributed by atoms with Gasteiger partial charge >= 0.3 is 0 Å². The minimum atomic E-state index is 0.823. The van der Waals surface area contributed by atoms with Crippen LogP contribution in [0.4, 0.5) is 0 Å². The highest BCUT2D eigenvalue weighted by molar-refractivity contribution is 5.61. The Hall–Kier alpha value is -1.31. The molecule has 1 aromatic rings. The first kappa shape index (κ1) is 7.79. The summed E-state index contributed by atoms with van der Waals surface area (Å²) < 4.78 is 0. The van der Waals surface area contributed by atoms with Crippen molar-refractivity contribution < 1.29 is 0 Å². The standard InChI is InChI=1S/C9H12N2/c1-8-4-2-3-5-9(8)6-7-11-10/h2-5,7H,6,10H2,1H3/b11-7+. The molecule has 0 aliphatic rings. The molecule has 0 aliphatic heterocycles. The first-order valence-corrected chi connectivity index (χ1v) is 3.61. The summed E-state index contributed by atoms with van der Waals surface area (Å²) in [5.41, 5.74) is 2.56. The van der Waals surface area contributed by atoms with Crippen LogP contribution in [0.1, 0.15) is 11.1 Å². The van der Waals surface area contributed by atoms with Gasteiger partial charge in [-0.15, -0.1) is 0 Å². The van der Waals surface area contributed by atoms with Crippen molar-refractivity contribution in [3.63, 3.8) is 0 Å². The Morgan fingerprint density at radius 2 is 2.18 bits per heavy atom. The molecule has 58 valence electrons. The van der Waals surface area contributed by atoms with Gasteiger partial charge < -0.3 is 5.84 Å². The van der Waals surface area contributed by atoms with E-state index in [2.05, 4.69) is 24.2 Å². The third kappa shape index (κ3) is 2.08. The van der Waals surface area contributed by atoms with Gasteiger partial charge in [0.1, 0.15) is 0 Å². The lowest BCUT2D eigenvalue weighted by molar-refractivity contribution is 1.21. The van der Waals surface area contributed by atoms with Crippen LogP contribution in [-0.4, -0.2) is 6.21 Å². The molecular formula is C9H12N2. The van der Waals surface area contributed by atoms with Crippen molar-refractivity contribution in [2.75, 3.05) is 0 Å². The Bertz CT molecular complexity index is 253. The van der Waals surface area contributed by atoms with Gasteiger partial charge in [0.05, 0.1) is 0 Å². The van der Waals surface area contributed by atoms with Gasteiger partial charge in [-0.05, 0) is 18.1 Å². The normalized spacial score (nSPS) is 10.6. The van der Waals surface area contributed by atoms with E-state index in [0.717, 1.165) is 6.42 Å². The van der Waals surface area contributed by atoms with Crippen LogP contribution >= 0.6 is 0 Å². The summed E-state index contributed by atoms with van der Waals surface area (Å²) in [7, 11) is 0. The molecule has 0 fully saturated rings. The summed E-state index contributed by atoms with van der Waals surface area (Å²) in [5, 5.41) is 3.45. The molecule has 0 saturated heterocycles. The predicted octanol–water partition coefficient (Wildman–Crippen LogP) is 1.48. The maximum Gasteiger partial charge on any atom is 0.0284 e. The lowest BCUT2D eigenvalue weighted by Crippen LogP contribution is -1.91. The molecule has 2 heteroatoms. The highest BCUT2D eigenvalue weighted by Gasteiger charge is 1.92. The Labute approximate surface area is 66.7 Å². The summed E-state index contributed by atoms with van der Waals surface area (Å²) >= 11 is 0. The molecule has 0 saturated carbocycles. The number of hydrogen-bond acceptors (Lipinski definition) is 2. The summed E-state index contributed by atoms with van der Waals surface area (Å²) in [4.78, 5) is 0. The van der Waals surface area contributed by atoms with Crippen LogP contribution in [0, 0.1) is 6.92 Å². The summed E-state index contributed by atoms with van der Waals surface area (Å²) in [6.45, 7) is 2.08. The second-order valence-corrected chi connectivity index (χ2v) is 2.46. The quantitative estimate of drug-likeness (QED) is 0.385. The minimum Gasteiger partial charge on any atom is -0.324 e. The second kappa shape index (κ2) is 3.76. The van der Waals surface area contributed by atoms with Crippen molar-refractivity contribution >= 4 is 6.21 Å². The van der Waals surface area contributed by atoms with Crippen molar-refractivity contribution in [2.45, 2.75) is 13.3 Å². The molecule has 0 aliphatic carbocycles. The smallest absolute Gasteiger partial charge is 0.0284 e. The SMILES string of the molecule is Cc1ccccc1C/C=N/N. The van der Waals surface area contributed by atoms with Crippen molar-refractivity contribution in [3.05, 3.63) is 35.4 Å². The number of nitrogens with two attached hydrogens (primary N) is 1. The minimum absolute atomic E-state index is 0.823. The Balaban J connectivity index is 2.77. The fraction of sp³-hybridized carbons (Fsp3) is 0.222. The monoisotopic (exact) mass is 148 g/mol. The van der Waals surface area contributed by atoms with Gasteiger partial charge in [-0.2, -0.15) is 5.10 Å². The second-order valence-electron chi connectivity index (χ2n) is 2.46. The number of benzene rings is 1. The van der Waals surface area contributed by atoms with Crippen molar-refractivity contribution in [1.29, 1.82) is 0 Å². The van der Waals surface area contributed by atoms with Gasteiger partial charge in [0, 0.05) is 12.6 Å². The summed E-state index contributed by atoms with van der Waals surface area (Å²) in [6.07, 6.45) is 2.53. The molecule has 2 nitrogen and oxygen atoms in total. The molecular weight excluding hydrogens is 136 g/mol. The first-order chi connectivity index (χ1) is 5.34. The maximum atomic E-state index is 5.00. The zero-order valence-electron chi connectivity index (χ0n) is 6.62. The average Bonchev–Trinajstić information content (AvgIpc) is 2.03. The molecule has 1 aromatic carbocycles. The van der Waals surface area contributed by atoms with Gasteiger partial charge in [-0.1, -0.05) is 24.3 Å². The van der Waals surface area contributed by atoms with Crippen molar-refractivity contribution in [3.8, 4) is 0 Å². The average molecular weight is 148 g/mol. The van der Waals surface area contributed by atoms with Crippen LogP contribution in [0.5, 0.6) is 0 Å². The number of hydrogen-bond donors (Lipinski definition) is 1. The zero-order valence-corrected chi connectivity index (χ0v) is 6.62. The van der Waals surface area contributed by atoms with E-state index in [-0.39, 0.29) is 0 Å². The molecule has 0 heterocycles. The van der Waals surface area contributed by atoms with E-state index < -0.39 is 0 Å². The van der Waals surface area contributed by atoms with Gasteiger partial charge in [0.15, 0.2) is 0 Å². The number of aryl methyl sites for hydroxylation is 1. The van der Waals surface area contributed by atoms with Gasteiger partial charge in [-0.25, -0.2) is 0 Å². The molecule has 0 amide bonds. The molecule has 0 radical (unpaired) electrons. The molecule has 0 aromatic heterocycles. The molecule has 0 unspecified atom stereocenters. The highest BCUT2D eigenvalue weighted by Crippen LogP contribution is 2.05. The Morgan fingerprint density at radius 1 is 1.45 bits per heavy atom. The molecule has 0 spiro atoms. The Morgan fingerprint density at radius 3 is 2.82 bits per heavy atom. The van der Waals surface area contributed by atoms with Crippen LogP contribution in [0.3, 0.4) is 0 Å². The van der Waals surface area contributed by atoms with Gasteiger partial charge in [0.25, 0.3) is 0 Å². The Kier molecular flexibility index (Phi) is 2.66. The van der Waals surface area contributed by atoms with E-state index in [1.54, 1.807) is 6.21 Å². The van der Waals surface area contributed by atoms with E-state index in [9.17, 15) is 0 Å². The van der Waals surface area contributed by atoms with Crippen LogP contribution in [0.2, 0.25) is 0 Å². The molecule has 11 heavy (non-hydrogen) atoms. The summed E-state index contributed by atoms with van der Waals surface area (Å²) in [5.74, 6) is 5.00. The molecule has 1 rings (SSSR count). The van der Waals surface area contributed by atoms with Crippen molar-refractivity contribution in [2.24, 2.45) is 10.9 Å². The van der Waals surface area contributed by atoms with Crippen LogP contribution in [-0.2, 0) is 6.42 Å². The van der Waals surface area contributed by atoms with Crippen molar-refractivity contribution in [1.82, 2.24) is 0 Å². The lowest BCUT2D eigenvalue weighted by atomic mass is 10.1. The number of rotatable bonds is 2. The topological polar surface area (TPSA) is 38.4 Å². The van der Waals surface area contributed by atoms with E-state index >= 15 is 0 Å². The van der Waals surface area contributed by atoms with E-state index in [1.165, 1.54) is 11.1 Å².